The van der Waals surface area contributed by atoms with Gasteiger partial charge in [-0.25, -0.2) is 0 Å². The fourth-order valence-corrected chi connectivity index (χ4v) is 2.98. The predicted molar refractivity (Wildman–Crippen MR) is 79.2 cm³/mol. The topological polar surface area (TPSA) is 54.5 Å². The summed E-state index contributed by atoms with van der Waals surface area (Å²) in [5.41, 5.74) is 1.03. The molecule has 0 spiro atoms. The molecule has 0 bridgehead atoms. The van der Waals surface area contributed by atoms with Gasteiger partial charge in [0.2, 0.25) is 0 Å². The molecule has 0 fully saturated rings. The van der Waals surface area contributed by atoms with E-state index in [0.717, 1.165) is 31.4 Å². The van der Waals surface area contributed by atoms with Gasteiger partial charge < -0.3 is 0 Å². The van der Waals surface area contributed by atoms with Gasteiger partial charge in [0.05, 0.1) is 11.1 Å². The summed E-state index contributed by atoms with van der Waals surface area (Å²) in [4.78, 5) is 25.5. The van der Waals surface area contributed by atoms with Crippen LogP contribution in [0.25, 0.3) is 0 Å². The van der Waals surface area contributed by atoms with Crippen LogP contribution in [0.2, 0.25) is 0 Å². The van der Waals surface area contributed by atoms with Gasteiger partial charge in [-0.05, 0) is 25.0 Å². The molecule has 20 heavy (non-hydrogen) atoms. The van der Waals surface area contributed by atoms with Gasteiger partial charge in [0.15, 0.2) is 0 Å². The Morgan fingerprint density at radius 3 is 2.05 bits per heavy atom. The van der Waals surface area contributed by atoms with Gasteiger partial charge >= 0.3 is 0 Å². The number of benzene rings is 1. The van der Waals surface area contributed by atoms with E-state index in [9.17, 15) is 13.8 Å². The summed E-state index contributed by atoms with van der Waals surface area (Å²) in [7, 11) is -0.730. The Labute approximate surface area is 121 Å². The van der Waals surface area contributed by atoms with Crippen molar-refractivity contribution in [2.45, 2.75) is 25.7 Å². The largest absolute Gasteiger partial charge is 0.274 e. The third kappa shape index (κ3) is 3.33. The van der Waals surface area contributed by atoms with E-state index in [0.29, 0.717) is 17.7 Å². The normalized spacial score (nSPS) is 15.6. The Balaban J connectivity index is 1.79. The lowest BCUT2D eigenvalue weighted by molar-refractivity contribution is 0.0651. The Morgan fingerprint density at radius 2 is 1.50 bits per heavy atom. The van der Waals surface area contributed by atoms with Crippen molar-refractivity contribution in [1.82, 2.24) is 4.90 Å². The van der Waals surface area contributed by atoms with E-state index in [-0.39, 0.29) is 11.8 Å². The Morgan fingerprint density at radius 1 is 0.950 bits per heavy atom. The van der Waals surface area contributed by atoms with Crippen LogP contribution in [0.1, 0.15) is 46.4 Å². The van der Waals surface area contributed by atoms with Crippen molar-refractivity contribution in [3.63, 3.8) is 0 Å². The Kier molecular flexibility index (Phi) is 5.06. The zero-order valence-electron chi connectivity index (χ0n) is 11.6. The minimum atomic E-state index is -0.730. The SMILES string of the molecule is CS(=O)CCCCCCN1C(=O)c2ccccc2C1=O. The molecule has 1 atom stereocenters. The van der Waals surface area contributed by atoms with Crippen molar-refractivity contribution in [2.75, 3.05) is 18.6 Å². The van der Waals surface area contributed by atoms with Crippen LogP contribution in [0.3, 0.4) is 0 Å². The van der Waals surface area contributed by atoms with Crippen LogP contribution in [0.4, 0.5) is 0 Å². The standard InChI is InChI=1S/C15H19NO3S/c1-20(19)11-7-3-2-6-10-16-14(17)12-8-4-5-9-13(12)15(16)18/h4-5,8-9H,2-3,6-7,10-11H2,1H3. The summed E-state index contributed by atoms with van der Waals surface area (Å²) in [5, 5.41) is 0. The number of carbonyl (C=O) groups excluding carboxylic acids is 2. The minimum absolute atomic E-state index is 0.180. The Bertz CT molecular complexity index is 507. The van der Waals surface area contributed by atoms with Crippen LogP contribution < -0.4 is 0 Å². The van der Waals surface area contributed by atoms with Crippen LogP contribution in [0, 0.1) is 0 Å². The lowest BCUT2D eigenvalue weighted by Gasteiger charge is -2.13. The number of amides is 2. The average molecular weight is 293 g/mol. The molecule has 1 heterocycles. The van der Waals surface area contributed by atoms with E-state index in [4.69, 9.17) is 0 Å². The van der Waals surface area contributed by atoms with Gasteiger partial charge in [-0.2, -0.15) is 0 Å². The number of nitrogens with zero attached hydrogens (tertiary/aromatic N) is 1. The average Bonchev–Trinajstić information content (AvgIpc) is 2.67. The van der Waals surface area contributed by atoms with Crippen LogP contribution in [-0.4, -0.2) is 39.5 Å². The van der Waals surface area contributed by atoms with Crippen LogP contribution >= 0.6 is 0 Å². The van der Waals surface area contributed by atoms with Crippen molar-refractivity contribution in [2.24, 2.45) is 0 Å². The van der Waals surface area contributed by atoms with E-state index in [1.807, 2.05) is 0 Å². The second-order valence-corrected chi connectivity index (χ2v) is 6.55. The maximum absolute atomic E-state index is 12.1. The minimum Gasteiger partial charge on any atom is -0.274 e. The van der Waals surface area contributed by atoms with Crippen molar-refractivity contribution < 1.29 is 13.8 Å². The van der Waals surface area contributed by atoms with E-state index >= 15 is 0 Å². The van der Waals surface area contributed by atoms with Crippen LogP contribution in [0.15, 0.2) is 24.3 Å². The van der Waals surface area contributed by atoms with Gasteiger partial charge in [0.25, 0.3) is 11.8 Å². The summed E-state index contributed by atoms with van der Waals surface area (Å²) < 4.78 is 10.9. The molecule has 1 aliphatic rings. The summed E-state index contributed by atoms with van der Waals surface area (Å²) in [6, 6.07) is 6.95. The van der Waals surface area contributed by atoms with E-state index in [1.54, 1.807) is 30.5 Å². The highest BCUT2D eigenvalue weighted by atomic mass is 32.2. The molecule has 0 radical (unpaired) electrons. The number of unbranched alkanes of at least 4 members (excludes halogenated alkanes) is 3. The molecule has 0 aliphatic carbocycles. The number of fused-ring (bicyclic) bond motifs is 1. The summed E-state index contributed by atoms with van der Waals surface area (Å²) >= 11 is 0. The van der Waals surface area contributed by atoms with E-state index in [1.165, 1.54) is 4.90 Å². The van der Waals surface area contributed by atoms with Gasteiger partial charge in [-0.1, -0.05) is 25.0 Å². The summed E-state index contributed by atoms with van der Waals surface area (Å²) in [5.74, 6) is 0.369. The molecule has 1 unspecified atom stereocenters. The number of rotatable bonds is 7. The molecular formula is C15H19NO3S. The molecule has 0 N–H and O–H groups in total. The summed E-state index contributed by atoms with van der Waals surface area (Å²) in [6.07, 6.45) is 5.39. The lowest BCUT2D eigenvalue weighted by Crippen LogP contribution is -2.30. The first-order valence-electron chi connectivity index (χ1n) is 6.86. The number of carbonyl (C=O) groups is 2. The maximum Gasteiger partial charge on any atom is 0.261 e. The quantitative estimate of drug-likeness (QED) is 0.572. The molecule has 1 aliphatic heterocycles. The highest BCUT2D eigenvalue weighted by Gasteiger charge is 2.34. The van der Waals surface area contributed by atoms with E-state index in [2.05, 4.69) is 0 Å². The third-order valence-electron chi connectivity index (χ3n) is 3.44. The second-order valence-electron chi connectivity index (χ2n) is 5.00. The molecule has 2 amide bonds. The van der Waals surface area contributed by atoms with E-state index < -0.39 is 10.8 Å². The van der Waals surface area contributed by atoms with Crippen LogP contribution in [-0.2, 0) is 10.8 Å². The molecule has 108 valence electrons. The fraction of sp³-hybridized carbons (Fsp3) is 0.467. The monoisotopic (exact) mass is 293 g/mol. The zero-order valence-corrected chi connectivity index (χ0v) is 12.4. The number of hydrogen-bond donors (Lipinski definition) is 0. The van der Waals surface area contributed by atoms with Crippen molar-refractivity contribution in [3.05, 3.63) is 35.4 Å². The fourth-order valence-electron chi connectivity index (χ4n) is 2.37. The molecule has 5 heteroatoms. The molecule has 1 aromatic carbocycles. The highest BCUT2D eigenvalue weighted by molar-refractivity contribution is 7.84. The first kappa shape index (κ1) is 14.9. The smallest absolute Gasteiger partial charge is 0.261 e. The number of hydrogen-bond acceptors (Lipinski definition) is 3. The molecule has 4 nitrogen and oxygen atoms in total. The number of imide groups is 1. The van der Waals surface area contributed by atoms with Crippen molar-refractivity contribution in [3.8, 4) is 0 Å². The lowest BCUT2D eigenvalue weighted by atomic mass is 10.1. The molecule has 0 aromatic heterocycles. The van der Waals surface area contributed by atoms with Gasteiger partial charge in [0.1, 0.15) is 0 Å². The predicted octanol–water partition coefficient (Wildman–Crippen LogP) is 2.22. The highest BCUT2D eigenvalue weighted by Crippen LogP contribution is 2.22. The van der Waals surface area contributed by atoms with Crippen LogP contribution in [0.5, 0.6) is 0 Å². The van der Waals surface area contributed by atoms with Crippen molar-refractivity contribution >= 4 is 22.6 Å². The van der Waals surface area contributed by atoms with Crippen molar-refractivity contribution in [1.29, 1.82) is 0 Å². The maximum atomic E-state index is 12.1. The van der Waals surface area contributed by atoms with Gasteiger partial charge in [-0.15, -0.1) is 0 Å². The first-order chi connectivity index (χ1) is 9.61. The van der Waals surface area contributed by atoms with Gasteiger partial charge in [0, 0.05) is 29.4 Å². The molecule has 1 aromatic rings. The first-order valence-corrected chi connectivity index (χ1v) is 8.59. The Hall–Kier alpha value is -1.49. The third-order valence-corrected chi connectivity index (χ3v) is 4.31. The zero-order chi connectivity index (χ0) is 14.5. The molecule has 0 saturated carbocycles. The second kappa shape index (κ2) is 6.79. The molecule has 0 saturated heterocycles. The summed E-state index contributed by atoms with van der Waals surface area (Å²) in [6.45, 7) is 0.474. The molecule has 2 rings (SSSR count). The molecular weight excluding hydrogens is 274 g/mol. The van der Waals surface area contributed by atoms with Gasteiger partial charge in [-0.3, -0.25) is 18.7 Å².